The highest BCUT2D eigenvalue weighted by atomic mass is 35.5. The topological polar surface area (TPSA) is 51.0 Å². The summed E-state index contributed by atoms with van der Waals surface area (Å²) in [6.45, 7) is 2.42. The molecule has 3 aromatic rings. The van der Waals surface area contributed by atoms with E-state index in [-0.39, 0.29) is 11.8 Å². The van der Waals surface area contributed by atoms with E-state index in [4.69, 9.17) is 11.6 Å². The number of pyridine rings is 1. The van der Waals surface area contributed by atoms with E-state index in [1.807, 2.05) is 26.1 Å². The molecule has 26 heavy (non-hydrogen) atoms. The van der Waals surface area contributed by atoms with Gasteiger partial charge in [0.25, 0.3) is 0 Å². The second-order valence-corrected chi connectivity index (χ2v) is 7.09. The van der Waals surface area contributed by atoms with Crippen molar-refractivity contribution in [3.05, 3.63) is 52.7 Å². The lowest BCUT2D eigenvalue weighted by molar-refractivity contribution is -0.116. The molecule has 0 spiro atoms. The number of carbonyl (C=O) groups is 1. The van der Waals surface area contributed by atoms with Gasteiger partial charge in [-0.3, -0.25) is 14.4 Å². The average Bonchev–Trinajstić information content (AvgIpc) is 3.23. The Hall–Kier alpha value is -2.40. The molecule has 0 N–H and O–H groups in total. The summed E-state index contributed by atoms with van der Waals surface area (Å²) in [5, 5.41) is 5.40. The lowest BCUT2D eigenvalue weighted by atomic mass is 10.1. The van der Waals surface area contributed by atoms with E-state index in [1.165, 1.54) is 17.5 Å². The molecule has 2 aromatic heterocycles. The van der Waals surface area contributed by atoms with Gasteiger partial charge in [0.2, 0.25) is 5.91 Å². The number of fused-ring (bicyclic) bond motifs is 2. The van der Waals surface area contributed by atoms with E-state index in [0.717, 1.165) is 35.1 Å². The molecule has 6 heteroatoms. The summed E-state index contributed by atoms with van der Waals surface area (Å²) < 4.78 is 1.74. The number of benzene rings is 1. The molecule has 0 fully saturated rings. The first-order valence-corrected chi connectivity index (χ1v) is 9.37. The minimum atomic E-state index is -0.155. The molecular weight excluding hydrogens is 348 g/mol. The molecule has 4 rings (SSSR count). The van der Waals surface area contributed by atoms with E-state index in [9.17, 15) is 4.79 Å². The summed E-state index contributed by atoms with van der Waals surface area (Å²) in [6.07, 6.45) is 3.48. The summed E-state index contributed by atoms with van der Waals surface area (Å²) in [4.78, 5) is 18.8. The molecular formula is C20H21ClN4O. The Balaban J connectivity index is 1.71. The molecule has 0 unspecified atom stereocenters. The zero-order valence-electron chi connectivity index (χ0n) is 15.0. The molecule has 1 amide bonds. The van der Waals surface area contributed by atoms with Crippen LogP contribution >= 0.6 is 11.6 Å². The molecule has 1 aliphatic rings. The highest BCUT2D eigenvalue weighted by molar-refractivity contribution is 6.29. The Morgan fingerprint density at radius 1 is 1.23 bits per heavy atom. The number of halogens is 1. The van der Waals surface area contributed by atoms with Crippen molar-refractivity contribution in [1.82, 2.24) is 14.8 Å². The van der Waals surface area contributed by atoms with Crippen molar-refractivity contribution in [2.75, 3.05) is 10.8 Å². The fourth-order valence-corrected chi connectivity index (χ4v) is 3.86. The first-order valence-electron chi connectivity index (χ1n) is 8.84. The maximum absolute atomic E-state index is 12.5. The Morgan fingerprint density at radius 2 is 2.04 bits per heavy atom. The van der Waals surface area contributed by atoms with Crippen LogP contribution in [-0.2, 0) is 31.2 Å². The lowest BCUT2D eigenvalue weighted by Gasteiger charge is -2.21. The fraction of sp³-hybridized carbons (Fsp3) is 0.350. The number of aryl methyl sites for hydroxylation is 4. The molecule has 0 aliphatic heterocycles. The standard InChI is InChI=1S/C20H21ClN4O/c1-13-17-8-9-18(22-20(17)24(2)23-13)25(19(26)11-21)12-14-6-7-15-4-3-5-16(15)10-14/h6-10H,3-5,11-12H2,1-2H3. The maximum atomic E-state index is 12.5. The number of hydrogen-bond acceptors (Lipinski definition) is 3. The van der Waals surface area contributed by atoms with Crippen LogP contribution < -0.4 is 4.90 Å². The zero-order chi connectivity index (χ0) is 18.3. The normalized spacial score (nSPS) is 13.2. The average molecular weight is 369 g/mol. The van der Waals surface area contributed by atoms with Gasteiger partial charge in [0.1, 0.15) is 11.7 Å². The first kappa shape index (κ1) is 17.0. The van der Waals surface area contributed by atoms with Gasteiger partial charge in [-0.1, -0.05) is 18.2 Å². The number of amides is 1. The summed E-state index contributed by atoms with van der Waals surface area (Å²) >= 11 is 5.87. The van der Waals surface area contributed by atoms with Crippen molar-refractivity contribution >= 4 is 34.4 Å². The predicted molar refractivity (Wildman–Crippen MR) is 104 cm³/mol. The third-order valence-corrected chi connectivity index (χ3v) is 5.28. The van der Waals surface area contributed by atoms with Crippen LogP contribution in [0.25, 0.3) is 11.0 Å². The van der Waals surface area contributed by atoms with Crippen LogP contribution in [0.1, 0.15) is 28.8 Å². The van der Waals surface area contributed by atoms with Gasteiger partial charge in [-0.25, -0.2) is 4.98 Å². The molecule has 1 aromatic carbocycles. The van der Waals surface area contributed by atoms with Crippen LogP contribution in [0.4, 0.5) is 5.82 Å². The minimum absolute atomic E-state index is 0.0743. The van der Waals surface area contributed by atoms with Gasteiger partial charge in [-0.15, -0.1) is 11.6 Å². The van der Waals surface area contributed by atoms with Crippen LogP contribution in [0.2, 0.25) is 0 Å². The largest absolute Gasteiger partial charge is 0.291 e. The molecule has 0 atom stereocenters. The van der Waals surface area contributed by atoms with Gasteiger partial charge in [-0.2, -0.15) is 5.10 Å². The van der Waals surface area contributed by atoms with Gasteiger partial charge in [0, 0.05) is 12.4 Å². The molecule has 5 nitrogen and oxygen atoms in total. The number of nitrogens with zero attached hydrogens (tertiary/aromatic N) is 4. The molecule has 0 bridgehead atoms. The molecule has 0 saturated carbocycles. The number of anilines is 1. The number of rotatable bonds is 4. The highest BCUT2D eigenvalue weighted by Gasteiger charge is 2.20. The lowest BCUT2D eigenvalue weighted by Crippen LogP contribution is -2.32. The van der Waals surface area contributed by atoms with Gasteiger partial charge in [0.15, 0.2) is 5.65 Å². The van der Waals surface area contributed by atoms with Crippen molar-refractivity contribution in [3.8, 4) is 0 Å². The van der Waals surface area contributed by atoms with Gasteiger partial charge < -0.3 is 0 Å². The Kier molecular flexibility index (Phi) is 4.41. The van der Waals surface area contributed by atoms with Crippen molar-refractivity contribution in [2.24, 2.45) is 7.05 Å². The fourth-order valence-electron chi connectivity index (χ4n) is 3.72. The van der Waals surface area contributed by atoms with Gasteiger partial charge in [0.05, 0.1) is 12.2 Å². The third-order valence-electron chi connectivity index (χ3n) is 5.05. The van der Waals surface area contributed by atoms with Crippen LogP contribution in [-0.4, -0.2) is 26.6 Å². The van der Waals surface area contributed by atoms with E-state index in [1.54, 1.807) is 9.58 Å². The van der Waals surface area contributed by atoms with E-state index >= 15 is 0 Å². The van der Waals surface area contributed by atoms with Crippen molar-refractivity contribution in [1.29, 1.82) is 0 Å². The Labute approximate surface area is 157 Å². The first-order chi connectivity index (χ1) is 12.6. The second-order valence-electron chi connectivity index (χ2n) is 6.82. The highest BCUT2D eigenvalue weighted by Crippen LogP contribution is 2.26. The Morgan fingerprint density at radius 3 is 2.85 bits per heavy atom. The van der Waals surface area contributed by atoms with Gasteiger partial charge in [-0.05, 0) is 55.0 Å². The number of alkyl halides is 1. The predicted octanol–water partition coefficient (Wildman–Crippen LogP) is 3.54. The summed E-state index contributed by atoms with van der Waals surface area (Å²) in [5.74, 6) is 0.374. The van der Waals surface area contributed by atoms with Crippen molar-refractivity contribution < 1.29 is 4.79 Å². The maximum Gasteiger partial charge on any atom is 0.243 e. The van der Waals surface area contributed by atoms with Crippen LogP contribution in [0.15, 0.2) is 30.3 Å². The number of carbonyl (C=O) groups excluding carboxylic acids is 1. The Bertz CT molecular complexity index is 995. The zero-order valence-corrected chi connectivity index (χ0v) is 15.8. The van der Waals surface area contributed by atoms with Crippen LogP contribution in [0.3, 0.4) is 0 Å². The number of hydrogen-bond donors (Lipinski definition) is 0. The molecule has 1 aliphatic carbocycles. The van der Waals surface area contributed by atoms with Crippen LogP contribution in [0, 0.1) is 6.92 Å². The van der Waals surface area contributed by atoms with E-state index in [0.29, 0.717) is 12.4 Å². The summed E-state index contributed by atoms with van der Waals surface area (Å²) in [7, 11) is 1.86. The monoisotopic (exact) mass is 368 g/mol. The van der Waals surface area contributed by atoms with Gasteiger partial charge >= 0.3 is 0 Å². The van der Waals surface area contributed by atoms with Crippen molar-refractivity contribution in [2.45, 2.75) is 32.7 Å². The smallest absolute Gasteiger partial charge is 0.243 e. The molecule has 0 saturated heterocycles. The number of aromatic nitrogens is 3. The van der Waals surface area contributed by atoms with Crippen molar-refractivity contribution in [3.63, 3.8) is 0 Å². The SMILES string of the molecule is Cc1nn(C)c2nc(N(Cc3ccc4c(c3)CCC4)C(=O)CCl)ccc12. The molecule has 0 radical (unpaired) electrons. The van der Waals surface area contributed by atoms with E-state index in [2.05, 4.69) is 28.3 Å². The van der Waals surface area contributed by atoms with E-state index < -0.39 is 0 Å². The summed E-state index contributed by atoms with van der Waals surface area (Å²) in [5.41, 5.74) is 5.62. The summed E-state index contributed by atoms with van der Waals surface area (Å²) in [6, 6.07) is 10.3. The quantitative estimate of drug-likeness (QED) is 0.662. The minimum Gasteiger partial charge on any atom is -0.291 e. The van der Waals surface area contributed by atoms with Crippen LogP contribution in [0.5, 0.6) is 0 Å². The molecule has 2 heterocycles. The second kappa shape index (κ2) is 6.72. The molecule has 134 valence electrons. The third kappa shape index (κ3) is 2.97.